The lowest BCUT2D eigenvalue weighted by molar-refractivity contribution is 0.0576. The lowest BCUT2D eigenvalue weighted by atomic mass is 9.81. The van der Waals surface area contributed by atoms with Gasteiger partial charge < -0.3 is 21.0 Å². The molecule has 0 aliphatic carbocycles. The SMILES string of the molecule is CC(C)(C)CC(C)(C)NCC(O)C(N)CON. The van der Waals surface area contributed by atoms with E-state index in [9.17, 15) is 5.11 Å². The molecule has 0 radical (unpaired) electrons. The Bertz CT molecular complexity index is 214. The second-order valence-corrected chi connectivity index (χ2v) is 6.57. The van der Waals surface area contributed by atoms with Crippen LogP contribution in [0, 0.1) is 5.41 Å². The highest BCUT2D eigenvalue weighted by atomic mass is 16.6. The van der Waals surface area contributed by atoms with Crippen molar-refractivity contribution in [3.05, 3.63) is 0 Å². The van der Waals surface area contributed by atoms with E-state index >= 15 is 0 Å². The van der Waals surface area contributed by atoms with Crippen molar-refractivity contribution in [2.75, 3.05) is 13.2 Å². The Labute approximate surface area is 105 Å². The lowest BCUT2D eigenvalue weighted by Crippen LogP contribution is -2.51. The molecule has 0 saturated heterocycles. The van der Waals surface area contributed by atoms with Crippen molar-refractivity contribution in [2.45, 2.75) is 58.7 Å². The average molecular weight is 247 g/mol. The van der Waals surface area contributed by atoms with E-state index in [1.54, 1.807) is 0 Å². The van der Waals surface area contributed by atoms with Crippen LogP contribution >= 0.6 is 0 Å². The third kappa shape index (κ3) is 8.51. The molecule has 0 bridgehead atoms. The zero-order valence-corrected chi connectivity index (χ0v) is 11.8. The summed E-state index contributed by atoms with van der Waals surface area (Å²) in [7, 11) is 0. The molecular formula is C12H29N3O2. The zero-order valence-electron chi connectivity index (χ0n) is 11.8. The second kappa shape index (κ2) is 6.66. The number of aliphatic hydroxyl groups excluding tert-OH is 1. The summed E-state index contributed by atoms with van der Waals surface area (Å²) in [5.74, 6) is 4.92. The molecule has 0 amide bonds. The standard InChI is InChI=1S/C12H29N3O2/c1-11(2,3)8-12(4,5)15-6-10(16)9(13)7-17-14/h9-10,15-16H,6-8,13-14H2,1-5H3. The van der Waals surface area contributed by atoms with Gasteiger partial charge in [0.1, 0.15) is 0 Å². The van der Waals surface area contributed by atoms with E-state index in [0.717, 1.165) is 6.42 Å². The molecule has 0 saturated carbocycles. The predicted octanol–water partition coefficient (Wildman–Crippen LogP) is 0.369. The van der Waals surface area contributed by atoms with Gasteiger partial charge >= 0.3 is 0 Å². The van der Waals surface area contributed by atoms with Crippen molar-refractivity contribution in [1.82, 2.24) is 5.32 Å². The summed E-state index contributed by atoms with van der Waals surface area (Å²) in [5.41, 5.74) is 5.89. The van der Waals surface area contributed by atoms with Gasteiger partial charge in [-0.05, 0) is 25.7 Å². The predicted molar refractivity (Wildman–Crippen MR) is 70.3 cm³/mol. The molecule has 6 N–H and O–H groups in total. The van der Waals surface area contributed by atoms with Crippen LogP contribution in [-0.4, -0.2) is 35.9 Å². The largest absolute Gasteiger partial charge is 0.390 e. The number of hydrogen-bond donors (Lipinski definition) is 4. The fourth-order valence-electron chi connectivity index (χ4n) is 2.14. The number of rotatable bonds is 7. The van der Waals surface area contributed by atoms with Crippen LogP contribution in [0.3, 0.4) is 0 Å². The maximum Gasteiger partial charge on any atom is 0.0856 e. The van der Waals surface area contributed by atoms with Gasteiger partial charge in [0.25, 0.3) is 0 Å². The Kier molecular flexibility index (Phi) is 6.58. The Morgan fingerprint density at radius 2 is 1.76 bits per heavy atom. The van der Waals surface area contributed by atoms with Gasteiger partial charge in [-0.25, -0.2) is 5.90 Å². The Balaban J connectivity index is 4.08. The Morgan fingerprint density at radius 3 is 2.18 bits per heavy atom. The highest BCUT2D eigenvalue weighted by Gasteiger charge is 2.26. The van der Waals surface area contributed by atoms with Gasteiger partial charge in [-0.1, -0.05) is 20.8 Å². The van der Waals surface area contributed by atoms with E-state index in [2.05, 4.69) is 44.8 Å². The highest BCUT2D eigenvalue weighted by Crippen LogP contribution is 2.26. The van der Waals surface area contributed by atoms with Crippen molar-refractivity contribution >= 4 is 0 Å². The molecule has 0 aliphatic rings. The van der Waals surface area contributed by atoms with Gasteiger partial charge in [-0.2, -0.15) is 0 Å². The van der Waals surface area contributed by atoms with E-state index in [4.69, 9.17) is 11.6 Å². The third-order valence-corrected chi connectivity index (χ3v) is 2.54. The van der Waals surface area contributed by atoms with Gasteiger partial charge in [0.15, 0.2) is 0 Å². The van der Waals surface area contributed by atoms with E-state index in [1.165, 1.54) is 0 Å². The van der Waals surface area contributed by atoms with Crippen LogP contribution in [0.15, 0.2) is 0 Å². The molecule has 0 fully saturated rings. The topological polar surface area (TPSA) is 93.5 Å². The normalized spacial score (nSPS) is 16.9. The monoisotopic (exact) mass is 247 g/mol. The number of aliphatic hydroxyl groups is 1. The molecule has 0 aromatic rings. The van der Waals surface area contributed by atoms with Crippen LogP contribution in [0.25, 0.3) is 0 Å². The molecule has 0 spiro atoms. The summed E-state index contributed by atoms with van der Waals surface area (Å²) in [5, 5.41) is 13.1. The first-order valence-electron chi connectivity index (χ1n) is 6.08. The van der Waals surface area contributed by atoms with Crippen molar-refractivity contribution in [3.63, 3.8) is 0 Å². The summed E-state index contributed by atoms with van der Waals surface area (Å²) in [4.78, 5) is 4.42. The van der Waals surface area contributed by atoms with Crippen molar-refractivity contribution in [3.8, 4) is 0 Å². The van der Waals surface area contributed by atoms with Crippen LogP contribution < -0.4 is 16.9 Å². The number of nitrogens with two attached hydrogens (primary N) is 2. The van der Waals surface area contributed by atoms with Crippen LogP contribution in [0.2, 0.25) is 0 Å². The molecule has 0 aromatic carbocycles. The van der Waals surface area contributed by atoms with Crippen molar-refractivity contribution in [1.29, 1.82) is 0 Å². The van der Waals surface area contributed by atoms with E-state index in [-0.39, 0.29) is 17.6 Å². The quantitative estimate of drug-likeness (QED) is 0.488. The summed E-state index contributed by atoms with van der Waals surface area (Å²) >= 11 is 0. The van der Waals surface area contributed by atoms with Gasteiger partial charge in [-0.3, -0.25) is 0 Å². The molecule has 5 nitrogen and oxygen atoms in total. The zero-order chi connectivity index (χ0) is 13.7. The minimum absolute atomic E-state index is 0.0392. The summed E-state index contributed by atoms with van der Waals surface area (Å²) in [6.45, 7) is 11.4. The van der Waals surface area contributed by atoms with Crippen LogP contribution in [0.4, 0.5) is 0 Å². The smallest absolute Gasteiger partial charge is 0.0856 e. The van der Waals surface area contributed by atoms with Crippen molar-refractivity contribution in [2.24, 2.45) is 17.0 Å². The Morgan fingerprint density at radius 1 is 1.24 bits per heavy atom. The summed E-state index contributed by atoms with van der Waals surface area (Å²) < 4.78 is 0. The molecule has 17 heavy (non-hydrogen) atoms. The van der Waals surface area contributed by atoms with E-state index < -0.39 is 12.1 Å². The molecule has 0 aromatic heterocycles. The van der Waals surface area contributed by atoms with E-state index in [0.29, 0.717) is 6.54 Å². The van der Waals surface area contributed by atoms with Crippen LogP contribution in [0.1, 0.15) is 41.0 Å². The first-order valence-corrected chi connectivity index (χ1v) is 6.08. The minimum atomic E-state index is -0.655. The molecule has 5 heteroatoms. The number of hydrogen-bond acceptors (Lipinski definition) is 5. The number of β-amino-alcohol motifs (C(OH)–C–C–N with tert-alkyl or cyclic N) is 1. The van der Waals surface area contributed by atoms with Crippen LogP contribution in [-0.2, 0) is 4.84 Å². The second-order valence-electron chi connectivity index (χ2n) is 6.57. The molecule has 0 heterocycles. The maximum atomic E-state index is 9.79. The average Bonchev–Trinajstić information content (AvgIpc) is 2.10. The fraction of sp³-hybridized carbons (Fsp3) is 1.00. The highest BCUT2D eigenvalue weighted by molar-refractivity contribution is 4.85. The number of nitrogens with one attached hydrogen (secondary N) is 1. The fourth-order valence-corrected chi connectivity index (χ4v) is 2.14. The minimum Gasteiger partial charge on any atom is -0.390 e. The maximum absolute atomic E-state index is 9.79. The first kappa shape index (κ1) is 16.8. The summed E-state index contributed by atoms with van der Waals surface area (Å²) in [6.07, 6.45) is 0.354. The molecule has 0 rings (SSSR count). The van der Waals surface area contributed by atoms with Crippen molar-refractivity contribution < 1.29 is 9.94 Å². The molecule has 0 aliphatic heterocycles. The van der Waals surface area contributed by atoms with Gasteiger partial charge in [0, 0.05) is 12.1 Å². The van der Waals surface area contributed by atoms with E-state index in [1.807, 2.05) is 0 Å². The lowest BCUT2D eigenvalue weighted by Gasteiger charge is -2.34. The van der Waals surface area contributed by atoms with Gasteiger partial charge in [0.05, 0.1) is 18.8 Å². The molecule has 2 atom stereocenters. The molecular weight excluding hydrogens is 218 g/mol. The first-order chi connectivity index (χ1) is 7.57. The molecule has 104 valence electrons. The van der Waals surface area contributed by atoms with Crippen LogP contribution in [0.5, 0.6) is 0 Å². The van der Waals surface area contributed by atoms with Gasteiger partial charge in [-0.15, -0.1) is 0 Å². The third-order valence-electron chi connectivity index (χ3n) is 2.54. The van der Waals surface area contributed by atoms with Gasteiger partial charge in [0.2, 0.25) is 0 Å². The Hall–Kier alpha value is -0.200. The summed E-state index contributed by atoms with van der Waals surface area (Å²) in [6, 6.07) is -0.460. The molecule has 2 unspecified atom stereocenters.